The minimum atomic E-state index is -1.57. The second kappa shape index (κ2) is 2.11. The van der Waals surface area contributed by atoms with Gasteiger partial charge in [-0.15, -0.1) is 0 Å². The van der Waals surface area contributed by atoms with Gasteiger partial charge in [0.2, 0.25) is 0 Å². The fraction of sp³-hybridized carbons (Fsp3) is 0.750. The van der Waals surface area contributed by atoms with Crippen LogP contribution < -0.4 is 11.1 Å². The molecule has 4 N–H and O–H groups in total. The van der Waals surface area contributed by atoms with Crippen LogP contribution in [0.5, 0.6) is 0 Å². The van der Waals surface area contributed by atoms with Gasteiger partial charge in [0.05, 0.1) is 0 Å². The molecule has 0 spiro atoms. The Labute approximate surface area is 47.7 Å². The standard InChI is InChI=1S/C4H10N2O2/c1-4(8,6-2)3(5)7/h6,8H,1-2H3,(H2,5,7)/t4-/m0/s1. The summed E-state index contributed by atoms with van der Waals surface area (Å²) in [6.45, 7) is 1.29. The van der Waals surface area contributed by atoms with Gasteiger partial charge in [0.1, 0.15) is 0 Å². The van der Waals surface area contributed by atoms with Crippen LogP contribution in [-0.2, 0) is 4.79 Å². The Morgan fingerprint density at radius 3 is 2.25 bits per heavy atom. The quantitative estimate of drug-likeness (QED) is 0.382. The molecule has 0 aliphatic rings. The second-order valence-corrected chi connectivity index (χ2v) is 1.69. The minimum absolute atomic E-state index is 0.778. The molecule has 48 valence electrons. The van der Waals surface area contributed by atoms with E-state index in [0.717, 1.165) is 0 Å². The molecule has 0 aliphatic heterocycles. The number of likely N-dealkylation sites (N-methyl/N-ethyl adjacent to an activating group) is 1. The zero-order valence-electron chi connectivity index (χ0n) is 4.93. The summed E-state index contributed by atoms with van der Waals surface area (Å²) in [5, 5.41) is 11.1. The molecule has 0 bridgehead atoms. The summed E-state index contributed by atoms with van der Waals surface area (Å²) in [7, 11) is 1.45. The van der Waals surface area contributed by atoms with Crippen molar-refractivity contribution in [2.75, 3.05) is 7.05 Å². The number of rotatable bonds is 2. The molecule has 4 nitrogen and oxygen atoms in total. The molecule has 0 fully saturated rings. The van der Waals surface area contributed by atoms with E-state index in [1.54, 1.807) is 0 Å². The second-order valence-electron chi connectivity index (χ2n) is 1.69. The third-order valence-corrected chi connectivity index (χ3v) is 0.967. The van der Waals surface area contributed by atoms with Gasteiger partial charge in [-0.3, -0.25) is 10.1 Å². The number of hydrogen-bond donors (Lipinski definition) is 3. The highest BCUT2D eigenvalue weighted by atomic mass is 16.3. The molecule has 0 rings (SSSR count). The Balaban J connectivity index is 3.91. The van der Waals surface area contributed by atoms with E-state index in [-0.39, 0.29) is 0 Å². The summed E-state index contributed by atoms with van der Waals surface area (Å²) in [6.07, 6.45) is 0. The molecule has 0 aromatic carbocycles. The van der Waals surface area contributed by atoms with Crippen molar-refractivity contribution in [3.8, 4) is 0 Å². The van der Waals surface area contributed by atoms with Crippen molar-refractivity contribution in [1.82, 2.24) is 5.32 Å². The maximum atomic E-state index is 10.2. The number of nitrogens with one attached hydrogen (secondary N) is 1. The zero-order valence-corrected chi connectivity index (χ0v) is 4.93. The van der Waals surface area contributed by atoms with E-state index in [4.69, 9.17) is 10.8 Å². The van der Waals surface area contributed by atoms with E-state index in [9.17, 15) is 4.79 Å². The first-order chi connectivity index (χ1) is 3.50. The zero-order chi connectivity index (χ0) is 6.78. The van der Waals surface area contributed by atoms with Crippen LogP contribution in [0, 0.1) is 0 Å². The predicted molar refractivity (Wildman–Crippen MR) is 28.9 cm³/mol. The van der Waals surface area contributed by atoms with Crippen LogP contribution in [-0.4, -0.2) is 23.8 Å². The van der Waals surface area contributed by atoms with Crippen molar-refractivity contribution in [2.24, 2.45) is 5.73 Å². The Morgan fingerprint density at radius 2 is 2.25 bits per heavy atom. The molecule has 0 saturated carbocycles. The minimum Gasteiger partial charge on any atom is -0.368 e. The summed E-state index contributed by atoms with van der Waals surface area (Å²) in [5.41, 5.74) is 3.16. The average molecular weight is 118 g/mol. The average Bonchev–Trinajstić information content (AvgIpc) is 1.67. The molecule has 1 amide bonds. The van der Waals surface area contributed by atoms with Gasteiger partial charge in [-0.1, -0.05) is 0 Å². The van der Waals surface area contributed by atoms with Crippen LogP contribution in [0.4, 0.5) is 0 Å². The van der Waals surface area contributed by atoms with Crippen molar-refractivity contribution >= 4 is 5.91 Å². The number of hydrogen-bond acceptors (Lipinski definition) is 3. The number of amides is 1. The highest BCUT2D eigenvalue weighted by Crippen LogP contribution is 1.91. The van der Waals surface area contributed by atoms with Gasteiger partial charge in [0, 0.05) is 0 Å². The molecule has 0 saturated heterocycles. The lowest BCUT2D eigenvalue weighted by atomic mass is 10.2. The first-order valence-corrected chi connectivity index (χ1v) is 2.22. The van der Waals surface area contributed by atoms with E-state index >= 15 is 0 Å². The SMILES string of the molecule is CN[C@@](C)(O)C(N)=O. The molecule has 0 aromatic rings. The largest absolute Gasteiger partial charge is 0.368 e. The molecule has 0 radical (unpaired) electrons. The fourth-order valence-corrected chi connectivity index (χ4v) is 0.123. The first-order valence-electron chi connectivity index (χ1n) is 2.22. The molecule has 8 heavy (non-hydrogen) atoms. The lowest BCUT2D eigenvalue weighted by molar-refractivity contribution is -0.137. The summed E-state index contributed by atoms with van der Waals surface area (Å²) >= 11 is 0. The van der Waals surface area contributed by atoms with Gasteiger partial charge in [-0.05, 0) is 14.0 Å². The summed E-state index contributed by atoms with van der Waals surface area (Å²) in [5.74, 6) is -0.778. The van der Waals surface area contributed by atoms with Crippen molar-refractivity contribution in [1.29, 1.82) is 0 Å². The molecule has 0 heterocycles. The van der Waals surface area contributed by atoms with Crippen molar-refractivity contribution in [3.05, 3.63) is 0 Å². The molecule has 1 atom stereocenters. The predicted octanol–water partition coefficient (Wildman–Crippen LogP) is -1.60. The van der Waals surface area contributed by atoms with Crippen LogP contribution in [0.3, 0.4) is 0 Å². The van der Waals surface area contributed by atoms with Crippen molar-refractivity contribution in [2.45, 2.75) is 12.6 Å². The normalized spacial score (nSPS) is 17.4. The molecule has 0 unspecified atom stereocenters. The Hall–Kier alpha value is -0.610. The Morgan fingerprint density at radius 1 is 1.88 bits per heavy atom. The molecular formula is C4H10N2O2. The third-order valence-electron chi connectivity index (χ3n) is 0.967. The van der Waals surface area contributed by atoms with E-state index in [1.807, 2.05) is 0 Å². The third kappa shape index (κ3) is 1.48. The fourth-order valence-electron chi connectivity index (χ4n) is 0.123. The van der Waals surface area contributed by atoms with Gasteiger partial charge < -0.3 is 10.8 Å². The number of carbonyl (C=O) groups excluding carboxylic acids is 1. The van der Waals surface area contributed by atoms with Crippen molar-refractivity contribution < 1.29 is 9.90 Å². The summed E-state index contributed by atoms with van der Waals surface area (Å²) < 4.78 is 0. The summed E-state index contributed by atoms with van der Waals surface area (Å²) in [4.78, 5) is 10.2. The van der Waals surface area contributed by atoms with Gasteiger partial charge >= 0.3 is 0 Å². The van der Waals surface area contributed by atoms with E-state index in [0.29, 0.717) is 0 Å². The monoisotopic (exact) mass is 118 g/mol. The van der Waals surface area contributed by atoms with E-state index in [1.165, 1.54) is 14.0 Å². The van der Waals surface area contributed by atoms with Crippen LogP contribution >= 0.6 is 0 Å². The first kappa shape index (κ1) is 7.39. The molecule has 4 heteroatoms. The number of carbonyl (C=O) groups is 1. The molecule has 0 aromatic heterocycles. The lowest BCUT2D eigenvalue weighted by Gasteiger charge is -2.16. The topological polar surface area (TPSA) is 75.3 Å². The van der Waals surface area contributed by atoms with Crippen LogP contribution in [0.1, 0.15) is 6.92 Å². The maximum absolute atomic E-state index is 10.2. The van der Waals surface area contributed by atoms with Gasteiger partial charge in [-0.2, -0.15) is 0 Å². The van der Waals surface area contributed by atoms with Crippen LogP contribution in [0.15, 0.2) is 0 Å². The smallest absolute Gasteiger partial charge is 0.264 e. The van der Waals surface area contributed by atoms with Gasteiger partial charge in [0.15, 0.2) is 5.72 Å². The highest BCUT2D eigenvalue weighted by Gasteiger charge is 2.23. The van der Waals surface area contributed by atoms with Gasteiger partial charge in [0.25, 0.3) is 5.91 Å². The Kier molecular flexibility index (Phi) is 1.94. The number of primary amides is 1. The number of nitrogens with two attached hydrogens (primary N) is 1. The summed E-state index contributed by atoms with van der Waals surface area (Å²) in [6, 6.07) is 0. The van der Waals surface area contributed by atoms with Gasteiger partial charge in [-0.25, -0.2) is 0 Å². The highest BCUT2D eigenvalue weighted by molar-refractivity contribution is 5.81. The lowest BCUT2D eigenvalue weighted by Crippen LogP contribution is -2.51. The van der Waals surface area contributed by atoms with E-state index in [2.05, 4.69) is 5.32 Å². The molecule has 0 aliphatic carbocycles. The Bertz CT molecular complexity index is 100. The van der Waals surface area contributed by atoms with Crippen molar-refractivity contribution in [3.63, 3.8) is 0 Å². The molecular weight excluding hydrogens is 108 g/mol. The van der Waals surface area contributed by atoms with E-state index < -0.39 is 11.6 Å². The van der Waals surface area contributed by atoms with Crippen LogP contribution in [0.25, 0.3) is 0 Å². The van der Waals surface area contributed by atoms with Crippen LogP contribution in [0.2, 0.25) is 0 Å². The maximum Gasteiger partial charge on any atom is 0.264 e. The number of aliphatic hydroxyl groups is 1.